The van der Waals surface area contributed by atoms with Crippen LogP contribution in [-0.4, -0.2) is 34.5 Å². The first-order valence-corrected chi connectivity index (χ1v) is 6.40. The number of benzene rings is 1. The van der Waals surface area contributed by atoms with Crippen LogP contribution < -0.4 is 14.8 Å². The highest BCUT2D eigenvalue weighted by Crippen LogP contribution is 2.33. The fraction of sp³-hybridized carbons (Fsp3) is 0.500. The van der Waals surface area contributed by atoms with Crippen LogP contribution in [-0.2, 0) is 11.3 Å². The Morgan fingerprint density at radius 1 is 1.18 bits per heavy atom. The zero-order chi connectivity index (χ0) is 12.7. The van der Waals surface area contributed by atoms with Crippen LogP contribution in [0.2, 0.25) is 0 Å². The average molecular weight is 351 g/mol. The molecule has 0 heterocycles. The summed E-state index contributed by atoms with van der Waals surface area (Å²) in [7, 11) is 4.99. The predicted molar refractivity (Wildman–Crippen MR) is 75.8 cm³/mol. The van der Waals surface area contributed by atoms with Crippen molar-refractivity contribution in [1.82, 2.24) is 5.32 Å². The minimum Gasteiger partial charge on any atom is -0.493 e. The number of hydrogen-bond donors (Lipinski definition) is 1. The van der Waals surface area contributed by atoms with Crippen LogP contribution in [0.25, 0.3) is 0 Å². The fourth-order valence-electron chi connectivity index (χ4n) is 1.48. The summed E-state index contributed by atoms with van der Waals surface area (Å²) in [6, 6.07) is 4.07. The summed E-state index contributed by atoms with van der Waals surface area (Å²) in [5.74, 6) is 1.55. The van der Waals surface area contributed by atoms with E-state index in [0.717, 1.165) is 28.2 Å². The van der Waals surface area contributed by atoms with Crippen molar-refractivity contribution in [1.29, 1.82) is 0 Å². The van der Waals surface area contributed by atoms with Gasteiger partial charge < -0.3 is 19.5 Å². The van der Waals surface area contributed by atoms with Gasteiger partial charge in [-0.2, -0.15) is 0 Å². The van der Waals surface area contributed by atoms with Gasteiger partial charge >= 0.3 is 0 Å². The molecule has 5 heteroatoms. The van der Waals surface area contributed by atoms with Gasteiger partial charge in [0.2, 0.25) is 0 Å². The molecule has 0 atom stereocenters. The number of rotatable bonds is 7. The van der Waals surface area contributed by atoms with E-state index in [2.05, 4.69) is 34.0 Å². The highest BCUT2D eigenvalue weighted by molar-refractivity contribution is 14.1. The molecule has 0 spiro atoms. The standard InChI is InChI=1S/C12H18INO3/c1-15-5-4-14-8-9-6-10(13)12(17-3)11(7-9)16-2/h6-7,14H,4-5,8H2,1-3H3. The van der Waals surface area contributed by atoms with Crippen molar-refractivity contribution >= 4 is 22.6 Å². The van der Waals surface area contributed by atoms with E-state index in [1.165, 1.54) is 5.56 Å². The van der Waals surface area contributed by atoms with Crippen LogP contribution in [0.3, 0.4) is 0 Å². The number of methoxy groups -OCH3 is 3. The van der Waals surface area contributed by atoms with Gasteiger partial charge in [-0.15, -0.1) is 0 Å². The third-order valence-electron chi connectivity index (χ3n) is 2.31. The molecule has 1 aromatic rings. The number of nitrogens with one attached hydrogen (secondary N) is 1. The Kier molecular flexibility index (Phi) is 6.61. The molecule has 0 aromatic heterocycles. The molecule has 0 saturated heterocycles. The van der Waals surface area contributed by atoms with Gasteiger partial charge in [0.15, 0.2) is 11.5 Å². The summed E-state index contributed by atoms with van der Waals surface area (Å²) in [6.45, 7) is 2.34. The van der Waals surface area contributed by atoms with Crippen molar-refractivity contribution in [3.63, 3.8) is 0 Å². The maximum absolute atomic E-state index is 5.30. The van der Waals surface area contributed by atoms with Crippen LogP contribution in [0.1, 0.15) is 5.56 Å². The van der Waals surface area contributed by atoms with Gasteiger partial charge in [0.05, 0.1) is 24.4 Å². The van der Waals surface area contributed by atoms with Crippen LogP contribution in [0.15, 0.2) is 12.1 Å². The lowest BCUT2D eigenvalue weighted by molar-refractivity contribution is 0.199. The Morgan fingerprint density at radius 3 is 2.53 bits per heavy atom. The second kappa shape index (κ2) is 7.73. The summed E-state index contributed by atoms with van der Waals surface area (Å²) in [5.41, 5.74) is 1.17. The second-order valence-electron chi connectivity index (χ2n) is 3.48. The molecule has 0 saturated carbocycles. The minimum atomic E-state index is 0.713. The first kappa shape index (κ1) is 14.5. The van der Waals surface area contributed by atoms with Crippen LogP contribution >= 0.6 is 22.6 Å². The summed E-state index contributed by atoms with van der Waals surface area (Å²) < 4.78 is 16.6. The van der Waals surface area contributed by atoms with Crippen molar-refractivity contribution in [3.8, 4) is 11.5 Å². The van der Waals surface area contributed by atoms with Gasteiger partial charge in [-0.1, -0.05) is 0 Å². The summed E-state index contributed by atoms with van der Waals surface area (Å²) >= 11 is 2.25. The first-order chi connectivity index (χ1) is 8.22. The van der Waals surface area contributed by atoms with Crippen LogP contribution in [0.4, 0.5) is 0 Å². The van der Waals surface area contributed by atoms with Gasteiger partial charge in [-0.05, 0) is 40.3 Å². The molecule has 0 radical (unpaired) electrons. The van der Waals surface area contributed by atoms with Crippen molar-refractivity contribution in [2.45, 2.75) is 6.54 Å². The van der Waals surface area contributed by atoms with Gasteiger partial charge in [0, 0.05) is 20.2 Å². The molecule has 0 aliphatic carbocycles. The van der Waals surface area contributed by atoms with E-state index in [4.69, 9.17) is 14.2 Å². The molecule has 1 rings (SSSR count). The molecule has 0 unspecified atom stereocenters. The highest BCUT2D eigenvalue weighted by Gasteiger charge is 2.09. The molecule has 4 nitrogen and oxygen atoms in total. The van der Waals surface area contributed by atoms with Crippen LogP contribution in [0.5, 0.6) is 11.5 Å². The Labute approximate surface area is 116 Å². The molecule has 17 heavy (non-hydrogen) atoms. The van der Waals surface area contributed by atoms with Gasteiger partial charge in [0.1, 0.15) is 0 Å². The Bertz CT molecular complexity index is 358. The summed E-state index contributed by atoms with van der Waals surface area (Å²) in [5, 5.41) is 3.29. The Hall–Kier alpha value is -0.530. The third-order valence-corrected chi connectivity index (χ3v) is 3.11. The lowest BCUT2D eigenvalue weighted by Gasteiger charge is -2.12. The molecular formula is C12H18INO3. The molecule has 96 valence electrons. The maximum Gasteiger partial charge on any atom is 0.174 e. The van der Waals surface area contributed by atoms with Gasteiger partial charge in [-0.25, -0.2) is 0 Å². The van der Waals surface area contributed by atoms with E-state index in [9.17, 15) is 0 Å². The van der Waals surface area contributed by atoms with E-state index in [1.807, 2.05) is 6.07 Å². The summed E-state index contributed by atoms with van der Waals surface area (Å²) in [4.78, 5) is 0. The van der Waals surface area contributed by atoms with E-state index in [1.54, 1.807) is 21.3 Å². The van der Waals surface area contributed by atoms with Crippen molar-refractivity contribution in [2.75, 3.05) is 34.5 Å². The van der Waals surface area contributed by atoms with Crippen molar-refractivity contribution in [3.05, 3.63) is 21.3 Å². The molecule has 1 aromatic carbocycles. The average Bonchev–Trinajstić information content (AvgIpc) is 2.34. The van der Waals surface area contributed by atoms with Crippen molar-refractivity contribution < 1.29 is 14.2 Å². The van der Waals surface area contributed by atoms with E-state index in [-0.39, 0.29) is 0 Å². The number of hydrogen-bond acceptors (Lipinski definition) is 4. The minimum absolute atomic E-state index is 0.713. The van der Waals surface area contributed by atoms with Crippen LogP contribution in [0, 0.1) is 3.57 Å². The smallest absolute Gasteiger partial charge is 0.174 e. The molecule has 1 N–H and O–H groups in total. The Morgan fingerprint density at radius 2 is 1.94 bits per heavy atom. The topological polar surface area (TPSA) is 39.7 Å². The largest absolute Gasteiger partial charge is 0.493 e. The third kappa shape index (κ3) is 4.33. The SMILES string of the molecule is COCCNCc1cc(I)c(OC)c(OC)c1. The molecule has 0 aliphatic rings. The quantitative estimate of drug-likeness (QED) is 0.603. The number of halogens is 1. The predicted octanol–water partition coefficient (Wildman–Crippen LogP) is 2.04. The lowest BCUT2D eigenvalue weighted by atomic mass is 10.2. The van der Waals surface area contributed by atoms with Gasteiger partial charge in [0.25, 0.3) is 0 Å². The van der Waals surface area contributed by atoms with E-state index in [0.29, 0.717) is 6.61 Å². The fourth-order valence-corrected chi connectivity index (χ4v) is 2.37. The lowest BCUT2D eigenvalue weighted by Crippen LogP contribution is -2.18. The summed E-state index contributed by atoms with van der Waals surface area (Å²) in [6.07, 6.45) is 0. The Balaban J connectivity index is 2.70. The molecule has 0 fully saturated rings. The van der Waals surface area contributed by atoms with E-state index < -0.39 is 0 Å². The maximum atomic E-state index is 5.30. The van der Waals surface area contributed by atoms with E-state index >= 15 is 0 Å². The molecular weight excluding hydrogens is 333 g/mol. The molecule has 0 amide bonds. The first-order valence-electron chi connectivity index (χ1n) is 5.33. The molecule has 0 aliphatic heterocycles. The highest BCUT2D eigenvalue weighted by atomic mass is 127. The number of ether oxygens (including phenoxy) is 3. The zero-order valence-corrected chi connectivity index (χ0v) is 12.5. The normalized spacial score (nSPS) is 10.4. The van der Waals surface area contributed by atoms with Gasteiger partial charge in [-0.3, -0.25) is 0 Å². The van der Waals surface area contributed by atoms with Crippen molar-refractivity contribution in [2.24, 2.45) is 0 Å². The molecule has 0 bridgehead atoms. The zero-order valence-electron chi connectivity index (χ0n) is 10.4. The monoisotopic (exact) mass is 351 g/mol. The second-order valence-corrected chi connectivity index (χ2v) is 4.64.